The summed E-state index contributed by atoms with van der Waals surface area (Å²) in [5.41, 5.74) is 2.14. The van der Waals surface area contributed by atoms with Gasteiger partial charge in [-0.25, -0.2) is 13.4 Å². The Bertz CT molecular complexity index is 1060. The summed E-state index contributed by atoms with van der Waals surface area (Å²) in [4.78, 5) is 6.91. The number of piperidine rings is 1. The molecule has 2 aromatic carbocycles. The summed E-state index contributed by atoms with van der Waals surface area (Å²) in [7, 11) is -3.44. The van der Waals surface area contributed by atoms with Crippen LogP contribution in [0.4, 0.5) is 0 Å². The zero-order valence-corrected chi connectivity index (χ0v) is 17.9. The van der Waals surface area contributed by atoms with E-state index in [4.69, 9.17) is 4.74 Å². The number of amidine groups is 1. The number of ether oxygens (including phenoxy) is 1. The molecule has 4 rings (SSSR count). The van der Waals surface area contributed by atoms with Gasteiger partial charge in [0.2, 0.25) is 0 Å². The van der Waals surface area contributed by atoms with Gasteiger partial charge in [0, 0.05) is 18.4 Å². The molecule has 1 saturated heterocycles. The van der Waals surface area contributed by atoms with E-state index in [-0.39, 0.29) is 11.6 Å². The van der Waals surface area contributed by atoms with Gasteiger partial charge in [0.1, 0.15) is 12.4 Å². The van der Waals surface area contributed by atoms with E-state index in [0.29, 0.717) is 18.0 Å². The fourth-order valence-electron chi connectivity index (χ4n) is 3.88. The lowest BCUT2D eigenvalue weighted by atomic mass is 9.99. The fraction of sp³-hybridized carbons (Fsp3) is 0.409. The first kappa shape index (κ1) is 20.7. The van der Waals surface area contributed by atoms with Gasteiger partial charge in [-0.2, -0.15) is 5.11 Å². The van der Waals surface area contributed by atoms with Gasteiger partial charge in [-0.05, 0) is 55.3 Å². The molecule has 8 heteroatoms. The molecule has 2 aliphatic rings. The molecule has 0 atom stereocenters. The molecule has 0 saturated carbocycles. The summed E-state index contributed by atoms with van der Waals surface area (Å²) in [5.74, 6) is 1.15. The molecule has 0 aliphatic carbocycles. The van der Waals surface area contributed by atoms with Gasteiger partial charge in [-0.15, -0.1) is 5.11 Å². The Morgan fingerprint density at radius 1 is 1.03 bits per heavy atom. The molecule has 0 amide bonds. The van der Waals surface area contributed by atoms with Crippen molar-refractivity contribution in [2.24, 2.45) is 15.2 Å². The molecule has 1 fully saturated rings. The Morgan fingerprint density at radius 3 is 2.47 bits per heavy atom. The monoisotopic (exact) mass is 426 g/mol. The summed E-state index contributed by atoms with van der Waals surface area (Å²) in [6, 6.07) is 12.9. The molecule has 7 nitrogen and oxygen atoms in total. The lowest BCUT2D eigenvalue weighted by molar-refractivity contribution is 0.183. The van der Waals surface area contributed by atoms with E-state index in [2.05, 4.69) is 20.1 Å². The number of sulfone groups is 1. The van der Waals surface area contributed by atoms with Crippen LogP contribution in [0.1, 0.15) is 24.8 Å². The standard InChI is InChI=1S/C22H26N4O3S/c1-30(27,28)20-7-5-6-19(21(20)22-23-16-24-25-22)17-8-10-18(11-9-17)29-15-14-26-12-3-2-4-13-26/h5-11H,2-4,12-16H2,1H3. The second kappa shape index (κ2) is 9.06. The quantitative estimate of drug-likeness (QED) is 0.674. The number of rotatable bonds is 7. The summed E-state index contributed by atoms with van der Waals surface area (Å²) in [5, 5.41) is 7.94. The van der Waals surface area contributed by atoms with Crippen molar-refractivity contribution in [3.8, 4) is 16.9 Å². The van der Waals surface area contributed by atoms with Crippen molar-refractivity contribution in [2.75, 3.05) is 39.2 Å². The van der Waals surface area contributed by atoms with Gasteiger partial charge in [-0.1, -0.05) is 30.7 Å². The number of hydrogen-bond donors (Lipinski definition) is 0. The van der Waals surface area contributed by atoms with Crippen molar-refractivity contribution in [1.29, 1.82) is 0 Å². The number of benzene rings is 2. The minimum absolute atomic E-state index is 0.210. The van der Waals surface area contributed by atoms with E-state index in [9.17, 15) is 8.42 Å². The minimum atomic E-state index is -3.44. The zero-order chi connectivity index (χ0) is 21.0. The first-order valence-electron chi connectivity index (χ1n) is 10.2. The number of azo groups is 1. The third-order valence-electron chi connectivity index (χ3n) is 5.39. The zero-order valence-electron chi connectivity index (χ0n) is 17.1. The summed E-state index contributed by atoms with van der Waals surface area (Å²) in [6.45, 7) is 4.13. The predicted octanol–water partition coefficient (Wildman–Crippen LogP) is 3.79. The molecular weight excluding hydrogens is 400 g/mol. The maximum Gasteiger partial charge on any atom is 0.180 e. The van der Waals surface area contributed by atoms with Crippen molar-refractivity contribution >= 4 is 15.7 Å². The Balaban J connectivity index is 1.54. The Morgan fingerprint density at radius 2 is 1.80 bits per heavy atom. The van der Waals surface area contributed by atoms with Gasteiger partial charge in [0.05, 0.1) is 4.90 Å². The van der Waals surface area contributed by atoms with Crippen LogP contribution < -0.4 is 4.74 Å². The van der Waals surface area contributed by atoms with E-state index in [0.717, 1.165) is 36.5 Å². The number of likely N-dealkylation sites (tertiary alicyclic amines) is 1. The van der Waals surface area contributed by atoms with Gasteiger partial charge in [-0.3, -0.25) is 4.90 Å². The predicted molar refractivity (Wildman–Crippen MR) is 117 cm³/mol. The number of aliphatic imine (C=N–C) groups is 1. The summed E-state index contributed by atoms with van der Waals surface area (Å²) in [6.07, 6.45) is 5.07. The highest BCUT2D eigenvalue weighted by Gasteiger charge is 2.23. The van der Waals surface area contributed by atoms with Gasteiger partial charge in [0.25, 0.3) is 0 Å². The van der Waals surface area contributed by atoms with Crippen molar-refractivity contribution in [3.63, 3.8) is 0 Å². The van der Waals surface area contributed by atoms with Crippen LogP contribution in [0.3, 0.4) is 0 Å². The van der Waals surface area contributed by atoms with E-state index in [1.54, 1.807) is 12.1 Å². The largest absolute Gasteiger partial charge is 0.492 e. The van der Waals surface area contributed by atoms with Crippen LogP contribution in [-0.2, 0) is 9.84 Å². The van der Waals surface area contributed by atoms with Gasteiger partial charge >= 0.3 is 0 Å². The molecule has 2 aliphatic heterocycles. The molecule has 0 spiro atoms. The number of hydrogen-bond acceptors (Lipinski definition) is 7. The average Bonchev–Trinajstić information content (AvgIpc) is 3.28. The Labute approximate surface area is 177 Å². The second-order valence-electron chi connectivity index (χ2n) is 7.59. The molecule has 2 heterocycles. The lowest BCUT2D eigenvalue weighted by Gasteiger charge is -2.26. The van der Waals surface area contributed by atoms with Crippen LogP contribution in [0.2, 0.25) is 0 Å². The highest BCUT2D eigenvalue weighted by atomic mass is 32.2. The highest BCUT2D eigenvalue weighted by Crippen LogP contribution is 2.32. The maximum atomic E-state index is 12.3. The maximum absolute atomic E-state index is 12.3. The van der Waals surface area contributed by atoms with E-state index in [1.165, 1.54) is 25.5 Å². The molecule has 0 aromatic heterocycles. The molecule has 158 valence electrons. The normalized spacial score (nSPS) is 17.2. The SMILES string of the molecule is CS(=O)(=O)c1cccc(-c2ccc(OCCN3CCCCC3)cc2)c1C1=NCN=N1. The van der Waals surface area contributed by atoms with Crippen molar-refractivity contribution in [2.45, 2.75) is 24.2 Å². The molecule has 0 N–H and O–H groups in total. The number of nitrogens with zero attached hydrogens (tertiary/aromatic N) is 4. The molecule has 0 unspecified atom stereocenters. The third kappa shape index (κ3) is 4.76. The van der Waals surface area contributed by atoms with Crippen LogP contribution >= 0.6 is 0 Å². The highest BCUT2D eigenvalue weighted by molar-refractivity contribution is 7.90. The molecule has 0 bridgehead atoms. The molecule has 30 heavy (non-hydrogen) atoms. The van der Waals surface area contributed by atoms with Crippen molar-refractivity contribution in [1.82, 2.24) is 4.90 Å². The third-order valence-corrected chi connectivity index (χ3v) is 6.53. The molecule has 0 radical (unpaired) electrons. The topological polar surface area (TPSA) is 83.7 Å². The first-order chi connectivity index (χ1) is 14.5. The second-order valence-corrected chi connectivity index (χ2v) is 9.57. The minimum Gasteiger partial charge on any atom is -0.492 e. The van der Waals surface area contributed by atoms with Crippen molar-refractivity contribution < 1.29 is 13.2 Å². The van der Waals surface area contributed by atoms with Crippen LogP contribution in [0.5, 0.6) is 5.75 Å². The lowest BCUT2D eigenvalue weighted by Crippen LogP contribution is -2.33. The van der Waals surface area contributed by atoms with Crippen LogP contribution in [0.25, 0.3) is 11.1 Å². The van der Waals surface area contributed by atoms with Crippen LogP contribution in [0.15, 0.2) is 62.6 Å². The van der Waals surface area contributed by atoms with E-state index >= 15 is 0 Å². The average molecular weight is 427 g/mol. The first-order valence-corrected chi connectivity index (χ1v) is 12.1. The van der Waals surface area contributed by atoms with Crippen LogP contribution in [0, 0.1) is 0 Å². The van der Waals surface area contributed by atoms with Crippen molar-refractivity contribution in [3.05, 3.63) is 48.0 Å². The fourth-order valence-corrected chi connectivity index (χ4v) is 4.77. The van der Waals surface area contributed by atoms with Gasteiger partial charge in [0.15, 0.2) is 22.3 Å². The van der Waals surface area contributed by atoms with Gasteiger partial charge < -0.3 is 4.74 Å². The Kier molecular flexibility index (Phi) is 6.24. The van der Waals surface area contributed by atoms with E-state index in [1.807, 2.05) is 30.3 Å². The van der Waals surface area contributed by atoms with E-state index < -0.39 is 9.84 Å². The summed E-state index contributed by atoms with van der Waals surface area (Å²) >= 11 is 0. The molecular formula is C22H26N4O3S. The summed E-state index contributed by atoms with van der Waals surface area (Å²) < 4.78 is 30.6. The van der Waals surface area contributed by atoms with Crippen LogP contribution in [-0.4, -0.2) is 58.3 Å². The Hall–Kier alpha value is -2.58. The smallest absolute Gasteiger partial charge is 0.180 e. The molecule has 2 aromatic rings.